The smallest absolute Gasteiger partial charge is 0.0693 e. The van der Waals surface area contributed by atoms with Crippen molar-refractivity contribution in [2.45, 2.75) is 50.8 Å². The third-order valence-corrected chi connectivity index (χ3v) is 4.22. The molecule has 0 amide bonds. The van der Waals surface area contributed by atoms with Crippen LogP contribution in [-0.2, 0) is 0 Å². The number of aliphatic hydroxyl groups is 1. The molecule has 0 aromatic carbocycles. The highest BCUT2D eigenvalue weighted by Crippen LogP contribution is 2.23. The lowest BCUT2D eigenvalue weighted by atomic mass is 9.92. The molecule has 0 saturated heterocycles. The Balaban J connectivity index is 1.90. The van der Waals surface area contributed by atoms with Crippen LogP contribution in [0.2, 0.25) is 0 Å². The fraction of sp³-hybridized carbons (Fsp3) is 0.667. The van der Waals surface area contributed by atoms with Gasteiger partial charge in [-0.3, -0.25) is 0 Å². The molecule has 1 aliphatic carbocycles. The number of thiophene rings is 1. The standard InChI is InChI=1S/C12H19NOS/c1-9(12-7-4-8-15-12)13-10-5-2-3-6-11(10)14/h4,7-11,13-14H,2-3,5-6H2,1H3/t9-,10+,11+/m1/s1. The van der Waals surface area contributed by atoms with Crippen molar-refractivity contribution in [1.29, 1.82) is 0 Å². The van der Waals surface area contributed by atoms with Crippen molar-refractivity contribution >= 4 is 11.3 Å². The highest BCUT2D eigenvalue weighted by molar-refractivity contribution is 7.10. The summed E-state index contributed by atoms with van der Waals surface area (Å²) in [4.78, 5) is 1.35. The van der Waals surface area contributed by atoms with Crippen LogP contribution in [0, 0.1) is 0 Å². The molecule has 3 heteroatoms. The molecule has 1 heterocycles. The average Bonchev–Trinajstić information content (AvgIpc) is 2.74. The molecule has 2 rings (SSSR count). The Morgan fingerprint density at radius 3 is 2.93 bits per heavy atom. The fourth-order valence-corrected chi connectivity index (χ4v) is 2.99. The van der Waals surface area contributed by atoms with Gasteiger partial charge >= 0.3 is 0 Å². The first-order chi connectivity index (χ1) is 7.27. The zero-order valence-corrected chi connectivity index (χ0v) is 9.96. The minimum absolute atomic E-state index is 0.152. The minimum atomic E-state index is -0.152. The third kappa shape index (κ3) is 2.80. The van der Waals surface area contributed by atoms with Crippen LogP contribution in [0.4, 0.5) is 0 Å². The molecule has 15 heavy (non-hydrogen) atoms. The molecule has 3 atom stereocenters. The van der Waals surface area contributed by atoms with E-state index < -0.39 is 0 Å². The Kier molecular flexibility index (Phi) is 3.78. The van der Waals surface area contributed by atoms with Crippen LogP contribution in [0.5, 0.6) is 0 Å². The van der Waals surface area contributed by atoms with Gasteiger partial charge in [-0.1, -0.05) is 18.9 Å². The SMILES string of the molecule is C[C@@H](N[C@H]1CCCC[C@@H]1O)c1cccs1. The van der Waals surface area contributed by atoms with Gasteiger partial charge in [0.15, 0.2) is 0 Å². The number of hydrogen-bond acceptors (Lipinski definition) is 3. The molecule has 1 saturated carbocycles. The first-order valence-corrected chi connectivity index (χ1v) is 6.63. The van der Waals surface area contributed by atoms with Crippen LogP contribution >= 0.6 is 11.3 Å². The van der Waals surface area contributed by atoms with Gasteiger partial charge in [0.2, 0.25) is 0 Å². The van der Waals surface area contributed by atoms with Gasteiger partial charge in [0.25, 0.3) is 0 Å². The average molecular weight is 225 g/mol. The Labute approximate surface area is 95.3 Å². The second-order valence-electron chi connectivity index (χ2n) is 4.36. The number of nitrogens with one attached hydrogen (secondary N) is 1. The maximum absolute atomic E-state index is 9.86. The van der Waals surface area contributed by atoms with Crippen molar-refractivity contribution < 1.29 is 5.11 Å². The normalized spacial score (nSPS) is 28.9. The van der Waals surface area contributed by atoms with Gasteiger partial charge in [0.1, 0.15) is 0 Å². The van der Waals surface area contributed by atoms with Gasteiger partial charge in [-0.05, 0) is 31.2 Å². The minimum Gasteiger partial charge on any atom is -0.392 e. The molecular weight excluding hydrogens is 206 g/mol. The van der Waals surface area contributed by atoms with E-state index in [9.17, 15) is 5.11 Å². The third-order valence-electron chi connectivity index (χ3n) is 3.16. The Morgan fingerprint density at radius 1 is 1.47 bits per heavy atom. The maximum Gasteiger partial charge on any atom is 0.0693 e. The van der Waals surface area contributed by atoms with Crippen molar-refractivity contribution in [3.63, 3.8) is 0 Å². The van der Waals surface area contributed by atoms with E-state index >= 15 is 0 Å². The van der Waals surface area contributed by atoms with E-state index in [1.807, 2.05) is 0 Å². The molecule has 0 bridgehead atoms. The van der Waals surface area contributed by atoms with Gasteiger partial charge in [-0.2, -0.15) is 0 Å². The highest BCUT2D eigenvalue weighted by Gasteiger charge is 2.24. The lowest BCUT2D eigenvalue weighted by Gasteiger charge is -2.30. The summed E-state index contributed by atoms with van der Waals surface area (Å²) in [5.74, 6) is 0. The molecule has 0 radical (unpaired) electrons. The van der Waals surface area contributed by atoms with Crippen LogP contribution < -0.4 is 5.32 Å². The predicted molar refractivity (Wildman–Crippen MR) is 64.1 cm³/mol. The van der Waals surface area contributed by atoms with Crippen molar-refractivity contribution in [3.05, 3.63) is 22.4 Å². The van der Waals surface area contributed by atoms with Crippen molar-refractivity contribution in [3.8, 4) is 0 Å². The molecule has 0 spiro atoms. The fourth-order valence-electron chi connectivity index (χ4n) is 2.25. The van der Waals surface area contributed by atoms with Gasteiger partial charge in [0, 0.05) is 17.0 Å². The van der Waals surface area contributed by atoms with E-state index in [0.717, 1.165) is 12.8 Å². The van der Waals surface area contributed by atoms with Crippen LogP contribution in [-0.4, -0.2) is 17.3 Å². The Hall–Kier alpha value is -0.380. The highest BCUT2D eigenvalue weighted by atomic mass is 32.1. The summed E-state index contributed by atoms with van der Waals surface area (Å²) in [6.07, 6.45) is 4.32. The summed E-state index contributed by atoms with van der Waals surface area (Å²) in [6.45, 7) is 2.17. The second kappa shape index (κ2) is 5.10. The van der Waals surface area contributed by atoms with E-state index in [4.69, 9.17) is 0 Å². The topological polar surface area (TPSA) is 32.3 Å². The summed E-state index contributed by atoms with van der Waals surface area (Å²) >= 11 is 1.78. The van der Waals surface area contributed by atoms with E-state index in [0.29, 0.717) is 6.04 Å². The van der Waals surface area contributed by atoms with Crippen LogP contribution in [0.15, 0.2) is 17.5 Å². The Bertz CT molecular complexity index is 286. The molecule has 0 aliphatic heterocycles. The zero-order chi connectivity index (χ0) is 10.7. The first-order valence-electron chi connectivity index (χ1n) is 5.75. The van der Waals surface area contributed by atoms with E-state index in [1.54, 1.807) is 11.3 Å². The first kappa shape index (κ1) is 11.1. The maximum atomic E-state index is 9.86. The van der Waals surface area contributed by atoms with E-state index in [-0.39, 0.29) is 12.1 Å². The monoisotopic (exact) mass is 225 g/mol. The van der Waals surface area contributed by atoms with Crippen molar-refractivity contribution in [2.24, 2.45) is 0 Å². The van der Waals surface area contributed by atoms with E-state index in [2.05, 4.69) is 29.8 Å². The number of hydrogen-bond donors (Lipinski definition) is 2. The zero-order valence-electron chi connectivity index (χ0n) is 9.15. The van der Waals surface area contributed by atoms with Crippen LogP contribution in [0.3, 0.4) is 0 Å². The van der Waals surface area contributed by atoms with Crippen LogP contribution in [0.1, 0.15) is 43.5 Å². The summed E-state index contributed by atoms with van der Waals surface area (Å²) in [5, 5.41) is 15.5. The van der Waals surface area contributed by atoms with Gasteiger partial charge in [0.05, 0.1) is 6.10 Å². The molecular formula is C12H19NOS. The molecule has 1 fully saturated rings. The Morgan fingerprint density at radius 2 is 2.27 bits per heavy atom. The second-order valence-corrected chi connectivity index (χ2v) is 5.34. The van der Waals surface area contributed by atoms with Crippen molar-refractivity contribution in [1.82, 2.24) is 5.32 Å². The van der Waals surface area contributed by atoms with Gasteiger partial charge in [-0.25, -0.2) is 0 Å². The summed E-state index contributed by atoms with van der Waals surface area (Å²) < 4.78 is 0. The molecule has 0 unspecified atom stereocenters. The molecule has 2 nitrogen and oxygen atoms in total. The molecule has 84 valence electrons. The van der Waals surface area contributed by atoms with E-state index in [1.165, 1.54) is 17.7 Å². The van der Waals surface area contributed by atoms with Crippen molar-refractivity contribution in [2.75, 3.05) is 0 Å². The predicted octanol–water partition coefficient (Wildman–Crippen LogP) is 2.70. The molecule has 1 aliphatic rings. The molecule has 2 N–H and O–H groups in total. The summed E-state index contributed by atoms with van der Waals surface area (Å²) in [6, 6.07) is 4.88. The number of rotatable bonds is 3. The van der Waals surface area contributed by atoms with Gasteiger partial charge < -0.3 is 10.4 Å². The largest absolute Gasteiger partial charge is 0.392 e. The lowest BCUT2D eigenvalue weighted by molar-refractivity contribution is 0.0862. The van der Waals surface area contributed by atoms with Crippen LogP contribution in [0.25, 0.3) is 0 Å². The summed E-state index contributed by atoms with van der Waals surface area (Å²) in [5.41, 5.74) is 0. The quantitative estimate of drug-likeness (QED) is 0.829. The van der Waals surface area contributed by atoms with Gasteiger partial charge in [-0.15, -0.1) is 11.3 Å². The number of aliphatic hydroxyl groups excluding tert-OH is 1. The molecule has 1 aromatic rings. The summed E-state index contributed by atoms with van der Waals surface area (Å²) in [7, 11) is 0. The molecule has 1 aromatic heterocycles. The lowest BCUT2D eigenvalue weighted by Crippen LogP contribution is -2.42.